The van der Waals surface area contributed by atoms with Crippen LogP contribution in [-0.2, 0) is 13.6 Å². The van der Waals surface area contributed by atoms with Crippen LogP contribution in [0.25, 0.3) is 11.2 Å². The third-order valence-electron chi connectivity index (χ3n) is 4.86. The summed E-state index contributed by atoms with van der Waals surface area (Å²) in [6, 6.07) is 0. The summed E-state index contributed by atoms with van der Waals surface area (Å²) in [5, 5.41) is 0. The maximum atomic E-state index is 12.4. The second-order valence-electron chi connectivity index (χ2n) is 6.66. The zero-order valence-electron chi connectivity index (χ0n) is 14.7. The second-order valence-corrected chi connectivity index (χ2v) is 6.66. The molecular weight excluding hydrogens is 306 g/mol. The Labute approximate surface area is 141 Å². The molecule has 132 valence electrons. The summed E-state index contributed by atoms with van der Waals surface area (Å²) >= 11 is 0. The molecule has 1 saturated heterocycles. The van der Waals surface area contributed by atoms with Crippen LogP contribution in [0.4, 0.5) is 5.95 Å². The molecule has 24 heavy (non-hydrogen) atoms. The van der Waals surface area contributed by atoms with Gasteiger partial charge in [0.25, 0.3) is 5.56 Å². The van der Waals surface area contributed by atoms with Crippen molar-refractivity contribution >= 4 is 17.1 Å². The Morgan fingerprint density at radius 1 is 1.08 bits per heavy atom. The molecule has 7 heteroatoms. The van der Waals surface area contributed by atoms with E-state index in [9.17, 15) is 9.59 Å². The molecule has 3 heterocycles. The summed E-state index contributed by atoms with van der Waals surface area (Å²) in [5.74, 6) is 0.842. The van der Waals surface area contributed by atoms with E-state index in [4.69, 9.17) is 4.98 Å². The molecule has 2 aromatic heterocycles. The van der Waals surface area contributed by atoms with Gasteiger partial charge in [-0.15, -0.1) is 0 Å². The molecule has 3 rings (SSSR count). The Bertz CT molecular complexity index is 809. The van der Waals surface area contributed by atoms with Crippen molar-refractivity contribution in [1.82, 2.24) is 19.1 Å². The van der Waals surface area contributed by atoms with Crippen LogP contribution in [0.2, 0.25) is 0 Å². The van der Waals surface area contributed by atoms with E-state index in [0.717, 1.165) is 57.7 Å². The van der Waals surface area contributed by atoms with E-state index in [1.165, 1.54) is 17.4 Å². The van der Waals surface area contributed by atoms with Crippen LogP contribution in [0.5, 0.6) is 0 Å². The van der Waals surface area contributed by atoms with E-state index >= 15 is 0 Å². The Morgan fingerprint density at radius 2 is 1.79 bits per heavy atom. The first-order chi connectivity index (χ1) is 11.6. The van der Waals surface area contributed by atoms with Crippen molar-refractivity contribution in [3.63, 3.8) is 0 Å². The van der Waals surface area contributed by atoms with Crippen molar-refractivity contribution < 1.29 is 0 Å². The summed E-state index contributed by atoms with van der Waals surface area (Å²) in [6.45, 7) is 4.85. The molecule has 0 aliphatic carbocycles. The van der Waals surface area contributed by atoms with E-state index in [2.05, 4.69) is 16.8 Å². The van der Waals surface area contributed by atoms with Gasteiger partial charge in [-0.1, -0.05) is 32.6 Å². The highest BCUT2D eigenvalue weighted by Gasteiger charge is 2.21. The average molecular weight is 333 g/mol. The molecule has 0 radical (unpaired) electrons. The molecule has 7 nitrogen and oxygen atoms in total. The van der Waals surface area contributed by atoms with Gasteiger partial charge in [0.2, 0.25) is 5.95 Å². The van der Waals surface area contributed by atoms with Crippen molar-refractivity contribution in [3.8, 4) is 0 Å². The van der Waals surface area contributed by atoms with Gasteiger partial charge in [0.15, 0.2) is 11.2 Å². The molecule has 1 aliphatic rings. The van der Waals surface area contributed by atoms with Gasteiger partial charge in [-0.05, 0) is 19.3 Å². The number of hydrogen-bond donors (Lipinski definition) is 1. The fourth-order valence-corrected chi connectivity index (χ4v) is 3.47. The third-order valence-corrected chi connectivity index (χ3v) is 4.86. The molecule has 2 aromatic rings. The Hall–Kier alpha value is -2.05. The number of imidazole rings is 1. The number of nitrogens with one attached hydrogen (secondary N) is 1. The van der Waals surface area contributed by atoms with Gasteiger partial charge >= 0.3 is 5.69 Å². The number of aromatic amines is 1. The van der Waals surface area contributed by atoms with Crippen molar-refractivity contribution in [1.29, 1.82) is 0 Å². The lowest BCUT2D eigenvalue weighted by atomic mass is 10.2. The number of unbranched alkanes of at least 4 members (excludes halogenated alkanes) is 2. The van der Waals surface area contributed by atoms with E-state index < -0.39 is 5.69 Å². The quantitative estimate of drug-likeness (QED) is 0.849. The molecule has 0 unspecified atom stereocenters. The summed E-state index contributed by atoms with van der Waals surface area (Å²) in [6.07, 6.45) is 8.02. The third kappa shape index (κ3) is 3.12. The first-order valence-corrected chi connectivity index (χ1v) is 9.08. The maximum Gasteiger partial charge on any atom is 0.329 e. The van der Waals surface area contributed by atoms with E-state index in [0.29, 0.717) is 11.2 Å². The monoisotopic (exact) mass is 333 g/mol. The average Bonchev–Trinajstić information content (AvgIpc) is 2.75. The van der Waals surface area contributed by atoms with Gasteiger partial charge in [-0.3, -0.25) is 14.3 Å². The van der Waals surface area contributed by atoms with Crippen molar-refractivity contribution in [2.75, 3.05) is 18.0 Å². The van der Waals surface area contributed by atoms with Gasteiger partial charge < -0.3 is 9.47 Å². The zero-order valence-corrected chi connectivity index (χ0v) is 14.7. The fourth-order valence-electron chi connectivity index (χ4n) is 3.47. The lowest BCUT2D eigenvalue weighted by Gasteiger charge is -2.22. The van der Waals surface area contributed by atoms with E-state index in [-0.39, 0.29) is 5.56 Å². The number of fused-ring (bicyclic) bond motifs is 1. The van der Waals surface area contributed by atoms with Crippen molar-refractivity contribution in [2.45, 2.75) is 58.4 Å². The molecule has 1 N–H and O–H groups in total. The van der Waals surface area contributed by atoms with E-state index in [1.807, 2.05) is 4.57 Å². The van der Waals surface area contributed by atoms with Crippen molar-refractivity contribution in [3.05, 3.63) is 20.8 Å². The number of aromatic nitrogens is 4. The topological polar surface area (TPSA) is 75.9 Å². The molecule has 0 saturated carbocycles. The minimum Gasteiger partial charge on any atom is -0.342 e. The summed E-state index contributed by atoms with van der Waals surface area (Å²) in [7, 11) is 1.66. The van der Waals surface area contributed by atoms with Crippen LogP contribution >= 0.6 is 0 Å². The van der Waals surface area contributed by atoms with Gasteiger partial charge in [0.1, 0.15) is 0 Å². The summed E-state index contributed by atoms with van der Waals surface area (Å²) in [4.78, 5) is 33.7. The standard InChI is InChI=1S/C17H27N5O2/c1-3-4-7-12-22-13-14(20(2)17(24)19-15(13)23)18-16(22)21-10-8-5-6-9-11-21/h3-12H2,1-2H3,(H,19,23,24). The number of anilines is 1. The van der Waals surface area contributed by atoms with Crippen LogP contribution in [0.15, 0.2) is 9.59 Å². The number of rotatable bonds is 5. The van der Waals surface area contributed by atoms with Crippen LogP contribution in [-0.4, -0.2) is 32.2 Å². The largest absolute Gasteiger partial charge is 0.342 e. The van der Waals surface area contributed by atoms with Crippen LogP contribution in [0.1, 0.15) is 51.9 Å². The van der Waals surface area contributed by atoms with Crippen LogP contribution in [0, 0.1) is 0 Å². The molecule has 0 atom stereocenters. The highest BCUT2D eigenvalue weighted by molar-refractivity contribution is 5.74. The molecule has 0 aromatic carbocycles. The van der Waals surface area contributed by atoms with Gasteiger partial charge in [0, 0.05) is 26.7 Å². The van der Waals surface area contributed by atoms with Gasteiger partial charge in [-0.25, -0.2) is 4.79 Å². The Balaban J connectivity index is 2.13. The summed E-state index contributed by atoms with van der Waals surface area (Å²) in [5.41, 5.74) is 0.262. The van der Waals surface area contributed by atoms with Gasteiger partial charge in [-0.2, -0.15) is 4.98 Å². The molecule has 1 fully saturated rings. The number of hydrogen-bond acceptors (Lipinski definition) is 4. The first-order valence-electron chi connectivity index (χ1n) is 9.08. The first kappa shape index (κ1) is 16.8. The normalized spacial score (nSPS) is 15.8. The SMILES string of the molecule is CCCCCn1c(N2CCCCCC2)nc2c1c(=O)[nH]c(=O)n2C. The summed E-state index contributed by atoms with van der Waals surface area (Å²) < 4.78 is 3.46. The molecule has 1 aliphatic heterocycles. The van der Waals surface area contributed by atoms with E-state index in [1.54, 1.807) is 7.05 Å². The van der Waals surface area contributed by atoms with Crippen LogP contribution < -0.4 is 16.1 Å². The molecular formula is C17H27N5O2. The highest BCUT2D eigenvalue weighted by atomic mass is 16.2. The lowest BCUT2D eigenvalue weighted by Crippen LogP contribution is -2.30. The smallest absolute Gasteiger partial charge is 0.329 e. The minimum absolute atomic E-state index is 0.335. The number of aryl methyl sites for hydroxylation is 2. The van der Waals surface area contributed by atoms with Crippen LogP contribution in [0.3, 0.4) is 0 Å². The predicted molar refractivity (Wildman–Crippen MR) is 95.8 cm³/mol. The molecule has 0 bridgehead atoms. The second kappa shape index (κ2) is 7.23. The maximum absolute atomic E-state index is 12.4. The lowest BCUT2D eigenvalue weighted by molar-refractivity contribution is 0.600. The van der Waals surface area contributed by atoms with Gasteiger partial charge in [0.05, 0.1) is 0 Å². The molecule has 0 amide bonds. The fraction of sp³-hybridized carbons (Fsp3) is 0.706. The molecule has 0 spiro atoms. The number of H-pyrrole nitrogens is 1. The highest BCUT2D eigenvalue weighted by Crippen LogP contribution is 2.23. The predicted octanol–water partition coefficient (Wildman–Crippen LogP) is 1.99. The minimum atomic E-state index is -0.409. The van der Waals surface area contributed by atoms with Crippen molar-refractivity contribution in [2.24, 2.45) is 7.05 Å². The Kier molecular flexibility index (Phi) is 5.06. The zero-order chi connectivity index (χ0) is 17.1. The number of nitrogens with zero attached hydrogens (tertiary/aromatic N) is 4. The Morgan fingerprint density at radius 3 is 2.46 bits per heavy atom.